The van der Waals surface area contributed by atoms with Crippen LogP contribution in [-0.2, 0) is 20.9 Å². The highest BCUT2D eigenvalue weighted by Crippen LogP contribution is 2.18. The van der Waals surface area contributed by atoms with E-state index in [0.717, 1.165) is 5.56 Å². The van der Waals surface area contributed by atoms with Crippen molar-refractivity contribution in [3.8, 4) is 0 Å². The fourth-order valence-electron chi connectivity index (χ4n) is 2.17. The molecule has 23 heavy (non-hydrogen) atoms. The fourth-order valence-corrected chi connectivity index (χ4v) is 2.17. The van der Waals surface area contributed by atoms with E-state index in [1.54, 1.807) is 38.1 Å². The maximum Gasteiger partial charge on any atom is 0.229 e. The van der Waals surface area contributed by atoms with E-state index in [9.17, 15) is 14.4 Å². The van der Waals surface area contributed by atoms with Gasteiger partial charge < -0.3 is 11.1 Å². The normalized spacial score (nSPS) is 16.7. The van der Waals surface area contributed by atoms with Crippen molar-refractivity contribution in [1.29, 1.82) is 0 Å². The summed E-state index contributed by atoms with van der Waals surface area (Å²) in [6.45, 7) is 3.85. The molecule has 0 saturated carbocycles. The first-order valence-corrected chi connectivity index (χ1v) is 7.37. The predicted octanol–water partition coefficient (Wildman–Crippen LogP) is 1.68. The molecule has 0 aromatic heterocycles. The number of benzene rings is 1. The Labute approximate surface area is 141 Å². The molecular weight excluding hydrogens is 318 g/mol. The molecule has 126 valence electrons. The van der Waals surface area contributed by atoms with Crippen molar-refractivity contribution < 1.29 is 14.4 Å². The summed E-state index contributed by atoms with van der Waals surface area (Å²) in [4.78, 5) is 36.3. The lowest BCUT2D eigenvalue weighted by Gasteiger charge is -2.16. The molecule has 0 spiro atoms. The molecule has 7 heteroatoms. The minimum atomic E-state index is -0.278. The number of nitrogens with one attached hydrogen (secondary N) is 1. The second kappa shape index (κ2) is 8.08. The summed E-state index contributed by atoms with van der Waals surface area (Å²) in [6.07, 6.45) is 0.588. The molecule has 2 unspecified atom stereocenters. The summed E-state index contributed by atoms with van der Waals surface area (Å²) in [5.41, 5.74) is 7.22. The maximum atomic E-state index is 11.9. The molecule has 1 fully saturated rings. The van der Waals surface area contributed by atoms with Crippen molar-refractivity contribution >= 4 is 35.8 Å². The van der Waals surface area contributed by atoms with Gasteiger partial charge in [-0.25, -0.2) is 0 Å². The summed E-state index contributed by atoms with van der Waals surface area (Å²) in [5, 5.41) is 2.80. The van der Waals surface area contributed by atoms with E-state index in [2.05, 4.69) is 5.32 Å². The molecule has 0 aliphatic carbocycles. The summed E-state index contributed by atoms with van der Waals surface area (Å²) in [7, 11) is 0. The summed E-state index contributed by atoms with van der Waals surface area (Å²) in [5.74, 6) is -0.673. The van der Waals surface area contributed by atoms with Crippen LogP contribution in [0, 0.1) is 5.92 Å². The van der Waals surface area contributed by atoms with Gasteiger partial charge in [-0.1, -0.05) is 19.1 Å². The Bertz CT molecular complexity index is 571. The number of hydrogen-bond donors (Lipinski definition) is 2. The van der Waals surface area contributed by atoms with E-state index in [0.29, 0.717) is 18.5 Å². The van der Waals surface area contributed by atoms with Crippen molar-refractivity contribution in [2.24, 2.45) is 11.7 Å². The van der Waals surface area contributed by atoms with Gasteiger partial charge in [-0.15, -0.1) is 12.4 Å². The smallest absolute Gasteiger partial charge is 0.229 e. The first kappa shape index (κ1) is 19.1. The molecule has 3 N–H and O–H groups in total. The van der Waals surface area contributed by atoms with Crippen LogP contribution in [0.3, 0.4) is 0 Å². The SMILES string of the molecule is CC(N)C(C)C(=O)Nc1ccc(CN2C(=O)CCC2=O)cc1.Cl. The number of anilines is 1. The summed E-state index contributed by atoms with van der Waals surface area (Å²) >= 11 is 0. The van der Waals surface area contributed by atoms with Gasteiger partial charge in [0, 0.05) is 24.6 Å². The number of halogens is 1. The minimum Gasteiger partial charge on any atom is -0.327 e. The van der Waals surface area contributed by atoms with E-state index in [-0.39, 0.29) is 48.6 Å². The van der Waals surface area contributed by atoms with E-state index in [1.807, 2.05) is 0 Å². The zero-order valence-corrected chi connectivity index (χ0v) is 14.1. The fraction of sp³-hybridized carbons (Fsp3) is 0.438. The molecule has 2 atom stereocenters. The van der Waals surface area contributed by atoms with Crippen LogP contribution in [0.5, 0.6) is 0 Å². The van der Waals surface area contributed by atoms with Crippen LogP contribution in [0.4, 0.5) is 5.69 Å². The van der Waals surface area contributed by atoms with Crippen molar-refractivity contribution in [2.75, 3.05) is 5.32 Å². The maximum absolute atomic E-state index is 11.9. The third-order valence-corrected chi connectivity index (χ3v) is 3.92. The number of nitrogens with two attached hydrogens (primary N) is 1. The number of carbonyl (C=O) groups excluding carboxylic acids is 3. The third kappa shape index (κ3) is 4.77. The molecule has 0 bridgehead atoms. The number of likely N-dealkylation sites (tertiary alicyclic amines) is 1. The lowest BCUT2D eigenvalue weighted by atomic mass is 10.0. The molecule has 6 nitrogen and oxygen atoms in total. The van der Waals surface area contributed by atoms with Gasteiger partial charge >= 0.3 is 0 Å². The molecule has 2 rings (SSSR count). The Kier molecular flexibility index (Phi) is 6.72. The molecular formula is C16H22ClN3O3. The first-order chi connectivity index (χ1) is 10.4. The van der Waals surface area contributed by atoms with Crippen LogP contribution in [0.15, 0.2) is 24.3 Å². The predicted molar refractivity (Wildman–Crippen MR) is 89.9 cm³/mol. The van der Waals surface area contributed by atoms with E-state index in [1.165, 1.54) is 4.90 Å². The summed E-state index contributed by atoms with van der Waals surface area (Å²) < 4.78 is 0. The van der Waals surface area contributed by atoms with Gasteiger partial charge in [0.25, 0.3) is 0 Å². The number of rotatable bonds is 5. The Morgan fingerprint density at radius 1 is 1.17 bits per heavy atom. The Balaban J connectivity index is 0.00000264. The quantitative estimate of drug-likeness (QED) is 0.798. The van der Waals surface area contributed by atoms with E-state index < -0.39 is 0 Å². The average molecular weight is 340 g/mol. The first-order valence-electron chi connectivity index (χ1n) is 7.37. The Morgan fingerprint density at radius 2 is 1.70 bits per heavy atom. The Morgan fingerprint density at radius 3 is 2.17 bits per heavy atom. The van der Waals surface area contributed by atoms with Gasteiger partial charge in [0.05, 0.1) is 12.5 Å². The largest absolute Gasteiger partial charge is 0.327 e. The molecule has 1 aromatic carbocycles. The van der Waals surface area contributed by atoms with Crippen molar-refractivity contribution in [3.63, 3.8) is 0 Å². The van der Waals surface area contributed by atoms with Crippen LogP contribution >= 0.6 is 12.4 Å². The molecule has 1 heterocycles. The highest BCUT2D eigenvalue weighted by molar-refractivity contribution is 6.01. The van der Waals surface area contributed by atoms with Gasteiger partial charge in [-0.3, -0.25) is 19.3 Å². The number of hydrogen-bond acceptors (Lipinski definition) is 4. The molecule has 1 aliphatic rings. The number of amides is 3. The highest BCUT2D eigenvalue weighted by Gasteiger charge is 2.28. The number of imide groups is 1. The van der Waals surface area contributed by atoms with Crippen molar-refractivity contribution in [3.05, 3.63) is 29.8 Å². The number of carbonyl (C=O) groups is 3. The molecule has 3 amide bonds. The van der Waals surface area contributed by atoms with Crippen LogP contribution in [0.2, 0.25) is 0 Å². The molecule has 1 aliphatic heterocycles. The molecule has 0 radical (unpaired) electrons. The standard InChI is InChI=1S/C16H21N3O3.ClH/c1-10(11(2)17)16(22)18-13-5-3-12(4-6-13)9-19-14(20)7-8-15(19)21;/h3-6,10-11H,7-9,17H2,1-2H3,(H,18,22);1H. The zero-order valence-electron chi connectivity index (χ0n) is 13.2. The van der Waals surface area contributed by atoms with Crippen LogP contribution in [-0.4, -0.2) is 28.7 Å². The van der Waals surface area contributed by atoms with E-state index in [4.69, 9.17) is 5.73 Å². The van der Waals surface area contributed by atoms with Crippen LogP contribution < -0.4 is 11.1 Å². The van der Waals surface area contributed by atoms with Crippen LogP contribution in [0.25, 0.3) is 0 Å². The second-order valence-corrected chi connectivity index (χ2v) is 5.71. The van der Waals surface area contributed by atoms with Gasteiger partial charge in [0.1, 0.15) is 0 Å². The van der Waals surface area contributed by atoms with Gasteiger partial charge in [0.2, 0.25) is 17.7 Å². The highest BCUT2D eigenvalue weighted by atomic mass is 35.5. The van der Waals surface area contributed by atoms with E-state index >= 15 is 0 Å². The lowest BCUT2D eigenvalue weighted by molar-refractivity contribution is -0.139. The van der Waals surface area contributed by atoms with Crippen molar-refractivity contribution in [2.45, 2.75) is 39.3 Å². The topological polar surface area (TPSA) is 92.5 Å². The second-order valence-electron chi connectivity index (χ2n) is 5.71. The lowest BCUT2D eigenvalue weighted by Crippen LogP contribution is -2.34. The zero-order chi connectivity index (χ0) is 16.3. The van der Waals surface area contributed by atoms with Gasteiger partial charge in [-0.05, 0) is 24.6 Å². The van der Waals surface area contributed by atoms with Crippen molar-refractivity contribution in [1.82, 2.24) is 4.90 Å². The summed E-state index contributed by atoms with van der Waals surface area (Å²) in [6, 6.07) is 6.89. The number of nitrogens with zero attached hydrogens (tertiary/aromatic N) is 1. The molecule has 1 aromatic rings. The van der Waals surface area contributed by atoms with Gasteiger partial charge in [-0.2, -0.15) is 0 Å². The third-order valence-electron chi connectivity index (χ3n) is 3.92. The average Bonchev–Trinajstić information content (AvgIpc) is 2.80. The van der Waals surface area contributed by atoms with Gasteiger partial charge in [0.15, 0.2) is 0 Å². The van der Waals surface area contributed by atoms with Crippen LogP contribution in [0.1, 0.15) is 32.3 Å². The minimum absolute atomic E-state index is 0. The Hall–Kier alpha value is -1.92. The monoisotopic (exact) mass is 339 g/mol. The molecule has 1 saturated heterocycles.